The molecular weight excluding hydrogens is 268 g/mol. The molecule has 0 saturated heterocycles. The Labute approximate surface area is 122 Å². The van der Waals surface area contributed by atoms with Crippen LogP contribution in [-0.4, -0.2) is 22.0 Å². The molecule has 0 atom stereocenters. The molecule has 21 heavy (non-hydrogen) atoms. The number of aromatic nitrogens is 1. The highest BCUT2D eigenvalue weighted by molar-refractivity contribution is 6.06. The van der Waals surface area contributed by atoms with Crippen molar-refractivity contribution < 1.29 is 14.7 Å². The average molecular weight is 284 g/mol. The summed E-state index contributed by atoms with van der Waals surface area (Å²) in [5.41, 5.74) is 2.85. The Morgan fingerprint density at radius 2 is 2.05 bits per heavy atom. The van der Waals surface area contributed by atoms with E-state index in [9.17, 15) is 9.59 Å². The predicted octanol–water partition coefficient (Wildman–Crippen LogP) is 2.98. The van der Waals surface area contributed by atoms with Gasteiger partial charge in [0, 0.05) is 18.0 Å². The van der Waals surface area contributed by atoms with Gasteiger partial charge in [-0.2, -0.15) is 0 Å². The number of carbonyl (C=O) groups excluding carboxylic acids is 1. The number of aryl methyl sites for hydroxylation is 2. The molecule has 0 radical (unpaired) electrons. The topological polar surface area (TPSA) is 82.2 Å². The van der Waals surface area contributed by atoms with Gasteiger partial charge in [-0.05, 0) is 25.5 Å². The smallest absolute Gasteiger partial charge is 0.339 e. The minimum Gasteiger partial charge on any atom is -0.478 e. The van der Waals surface area contributed by atoms with Crippen LogP contribution in [0.5, 0.6) is 0 Å². The third kappa shape index (κ3) is 3.60. The van der Waals surface area contributed by atoms with Gasteiger partial charge in [-0.1, -0.05) is 29.8 Å². The van der Waals surface area contributed by atoms with Crippen molar-refractivity contribution >= 4 is 23.6 Å². The zero-order valence-corrected chi connectivity index (χ0v) is 11.8. The standard InChI is InChI=1S/C16H16N2O3/c1-10-4-3-5-12(8-10)6-7-14(19)18-13-9-17-11(2)15(13)16(20)21/h3-9,17H,1-2H3,(H,18,19)(H,20,21)/b7-6+. The van der Waals surface area contributed by atoms with E-state index in [1.54, 1.807) is 13.0 Å². The van der Waals surface area contributed by atoms with E-state index in [-0.39, 0.29) is 17.2 Å². The number of anilines is 1. The first-order valence-corrected chi connectivity index (χ1v) is 6.44. The predicted molar refractivity (Wildman–Crippen MR) is 81.3 cm³/mol. The summed E-state index contributed by atoms with van der Waals surface area (Å²) in [5.74, 6) is -1.45. The van der Waals surface area contributed by atoms with Crippen molar-refractivity contribution in [2.75, 3.05) is 5.32 Å². The van der Waals surface area contributed by atoms with Gasteiger partial charge in [0.1, 0.15) is 5.56 Å². The first kappa shape index (κ1) is 14.6. The molecule has 1 aromatic heterocycles. The monoisotopic (exact) mass is 284 g/mol. The number of amides is 1. The number of benzene rings is 1. The summed E-state index contributed by atoms with van der Waals surface area (Å²) in [7, 11) is 0. The highest BCUT2D eigenvalue weighted by Crippen LogP contribution is 2.19. The lowest BCUT2D eigenvalue weighted by molar-refractivity contribution is -0.111. The SMILES string of the molecule is Cc1cccc(/C=C/C(=O)Nc2c[nH]c(C)c2C(=O)O)c1. The van der Waals surface area contributed by atoms with E-state index in [1.165, 1.54) is 12.3 Å². The zero-order chi connectivity index (χ0) is 15.4. The molecule has 3 N–H and O–H groups in total. The number of nitrogens with one attached hydrogen (secondary N) is 2. The second-order valence-electron chi connectivity index (χ2n) is 4.74. The Morgan fingerprint density at radius 3 is 2.71 bits per heavy atom. The Hall–Kier alpha value is -2.82. The number of hydrogen-bond donors (Lipinski definition) is 3. The van der Waals surface area contributed by atoms with Gasteiger partial charge in [-0.25, -0.2) is 4.79 Å². The van der Waals surface area contributed by atoms with Gasteiger partial charge in [0.25, 0.3) is 0 Å². The van der Waals surface area contributed by atoms with E-state index in [0.717, 1.165) is 11.1 Å². The minimum atomic E-state index is -1.08. The van der Waals surface area contributed by atoms with Crippen molar-refractivity contribution in [3.8, 4) is 0 Å². The van der Waals surface area contributed by atoms with Gasteiger partial charge in [0.2, 0.25) is 5.91 Å². The number of aromatic carboxylic acids is 1. The highest BCUT2D eigenvalue weighted by atomic mass is 16.4. The molecule has 0 spiro atoms. The molecule has 1 heterocycles. The van der Waals surface area contributed by atoms with E-state index in [1.807, 2.05) is 31.2 Å². The van der Waals surface area contributed by atoms with Gasteiger partial charge in [0.15, 0.2) is 0 Å². The lowest BCUT2D eigenvalue weighted by Gasteiger charge is -2.01. The molecule has 0 fully saturated rings. The van der Waals surface area contributed by atoms with E-state index in [2.05, 4.69) is 10.3 Å². The van der Waals surface area contributed by atoms with Gasteiger partial charge < -0.3 is 15.4 Å². The highest BCUT2D eigenvalue weighted by Gasteiger charge is 2.16. The van der Waals surface area contributed by atoms with Crippen molar-refractivity contribution in [2.45, 2.75) is 13.8 Å². The zero-order valence-electron chi connectivity index (χ0n) is 11.8. The lowest BCUT2D eigenvalue weighted by Crippen LogP contribution is -2.10. The third-order valence-electron chi connectivity index (χ3n) is 3.02. The van der Waals surface area contributed by atoms with E-state index in [4.69, 9.17) is 5.11 Å². The fourth-order valence-electron chi connectivity index (χ4n) is 2.02. The Balaban J connectivity index is 2.11. The summed E-state index contributed by atoms with van der Waals surface area (Å²) in [6.45, 7) is 3.61. The average Bonchev–Trinajstić information content (AvgIpc) is 2.77. The van der Waals surface area contributed by atoms with Gasteiger partial charge in [-0.3, -0.25) is 4.79 Å². The van der Waals surface area contributed by atoms with Crippen LogP contribution in [0.15, 0.2) is 36.5 Å². The van der Waals surface area contributed by atoms with E-state index in [0.29, 0.717) is 5.69 Å². The number of carboxylic acids is 1. The second-order valence-corrected chi connectivity index (χ2v) is 4.74. The summed E-state index contributed by atoms with van der Waals surface area (Å²) in [4.78, 5) is 25.7. The van der Waals surface area contributed by atoms with Crippen LogP contribution in [-0.2, 0) is 4.79 Å². The van der Waals surface area contributed by atoms with Crippen LogP contribution in [0.2, 0.25) is 0 Å². The number of rotatable bonds is 4. The van der Waals surface area contributed by atoms with Crippen LogP contribution in [0.25, 0.3) is 6.08 Å². The summed E-state index contributed by atoms with van der Waals surface area (Å²) in [6, 6.07) is 7.72. The molecule has 1 aromatic carbocycles. The first-order valence-electron chi connectivity index (χ1n) is 6.44. The molecule has 5 heteroatoms. The Kier molecular flexibility index (Phi) is 4.23. The number of hydrogen-bond acceptors (Lipinski definition) is 2. The second kappa shape index (κ2) is 6.09. The maximum Gasteiger partial charge on any atom is 0.339 e. The number of carbonyl (C=O) groups is 2. The molecule has 108 valence electrons. The molecule has 5 nitrogen and oxygen atoms in total. The molecule has 0 unspecified atom stereocenters. The van der Waals surface area contributed by atoms with Crippen molar-refractivity contribution in [1.29, 1.82) is 0 Å². The van der Waals surface area contributed by atoms with Crippen LogP contribution in [0.1, 0.15) is 27.2 Å². The van der Waals surface area contributed by atoms with Crippen molar-refractivity contribution in [2.24, 2.45) is 0 Å². The molecular formula is C16H16N2O3. The minimum absolute atomic E-state index is 0.0762. The molecule has 0 aliphatic heterocycles. The Bertz CT molecular complexity index is 714. The summed E-state index contributed by atoms with van der Waals surface area (Å²) in [5, 5.41) is 11.7. The largest absolute Gasteiger partial charge is 0.478 e. The van der Waals surface area contributed by atoms with E-state index >= 15 is 0 Å². The normalized spacial score (nSPS) is 10.8. The molecule has 0 bridgehead atoms. The summed E-state index contributed by atoms with van der Waals surface area (Å²) >= 11 is 0. The number of aromatic amines is 1. The van der Waals surface area contributed by atoms with Crippen LogP contribution < -0.4 is 5.32 Å². The lowest BCUT2D eigenvalue weighted by atomic mass is 10.1. The van der Waals surface area contributed by atoms with Gasteiger partial charge >= 0.3 is 5.97 Å². The third-order valence-corrected chi connectivity index (χ3v) is 3.02. The van der Waals surface area contributed by atoms with Crippen molar-refractivity contribution in [3.63, 3.8) is 0 Å². The maximum atomic E-state index is 11.9. The van der Waals surface area contributed by atoms with Crippen LogP contribution >= 0.6 is 0 Å². The summed E-state index contributed by atoms with van der Waals surface area (Å²) < 4.78 is 0. The fraction of sp³-hybridized carbons (Fsp3) is 0.125. The Morgan fingerprint density at radius 1 is 1.29 bits per heavy atom. The summed E-state index contributed by atoms with van der Waals surface area (Å²) in [6.07, 6.45) is 4.53. The molecule has 2 rings (SSSR count). The molecule has 1 amide bonds. The van der Waals surface area contributed by atoms with Gasteiger partial charge in [0.05, 0.1) is 5.69 Å². The molecule has 0 saturated carbocycles. The van der Waals surface area contributed by atoms with Crippen molar-refractivity contribution in [3.05, 3.63) is 58.9 Å². The number of carboxylic acid groups (broad SMARTS) is 1. The van der Waals surface area contributed by atoms with Crippen LogP contribution in [0, 0.1) is 13.8 Å². The maximum absolute atomic E-state index is 11.9. The molecule has 0 aliphatic carbocycles. The number of H-pyrrole nitrogens is 1. The van der Waals surface area contributed by atoms with Crippen molar-refractivity contribution in [1.82, 2.24) is 4.98 Å². The fourth-order valence-corrected chi connectivity index (χ4v) is 2.02. The molecule has 2 aromatic rings. The quantitative estimate of drug-likeness (QED) is 0.755. The van der Waals surface area contributed by atoms with Gasteiger partial charge in [-0.15, -0.1) is 0 Å². The first-order chi connectivity index (χ1) is 9.97. The van der Waals surface area contributed by atoms with Crippen LogP contribution in [0.4, 0.5) is 5.69 Å². The molecule has 0 aliphatic rings. The van der Waals surface area contributed by atoms with E-state index < -0.39 is 5.97 Å². The van der Waals surface area contributed by atoms with Crippen LogP contribution in [0.3, 0.4) is 0 Å².